The van der Waals surface area contributed by atoms with E-state index in [0.29, 0.717) is 22.0 Å². The molecule has 7 heteroatoms. The van der Waals surface area contributed by atoms with Gasteiger partial charge in [-0.1, -0.05) is 44.5 Å². The highest BCUT2D eigenvalue weighted by molar-refractivity contribution is 6.33. The molecule has 1 amide bonds. The van der Waals surface area contributed by atoms with Crippen LogP contribution in [0.5, 0.6) is 5.75 Å². The number of amides is 1. The molecule has 0 aliphatic heterocycles. The van der Waals surface area contributed by atoms with Gasteiger partial charge in [-0.2, -0.15) is 0 Å². The Bertz CT molecular complexity index is 1360. The van der Waals surface area contributed by atoms with Gasteiger partial charge in [0.05, 0.1) is 18.3 Å². The van der Waals surface area contributed by atoms with Crippen molar-refractivity contribution in [1.29, 1.82) is 0 Å². The van der Waals surface area contributed by atoms with E-state index in [2.05, 4.69) is 36.1 Å². The zero-order valence-electron chi connectivity index (χ0n) is 18.9. The zero-order valence-corrected chi connectivity index (χ0v) is 19.7. The number of rotatable bonds is 4. The Morgan fingerprint density at radius 3 is 2.58 bits per heavy atom. The first-order chi connectivity index (χ1) is 15.7. The Hall–Kier alpha value is -3.64. The van der Waals surface area contributed by atoms with Crippen LogP contribution < -0.4 is 15.8 Å². The minimum absolute atomic E-state index is 0.0658. The lowest BCUT2D eigenvalue weighted by molar-refractivity contribution is 0.102. The van der Waals surface area contributed by atoms with Crippen LogP contribution >= 0.6 is 11.6 Å². The number of fused-ring (bicyclic) bond motifs is 1. The smallest absolute Gasteiger partial charge is 0.255 e. The van der Waals surface area contributed by atoms with Gasteiger partial charge in [-0.3, -0.25) is 4.79 Å². The molecule has 3 aromatic carbocycles. The van der Waals surface area contributed by atoms with Crippen LogP contribution in [0.2, 0.25) is 5.02 Å². The molecule has 1 aromatic heterocycles. The van der Waals surface area contributed by atoms with Crippen molar-refractivity contribution in [1.82, 2.24) is 9.97 Å². The van der Waals surface area contributed by atoms with Crippen molar-refractivity contribution >= 4 is 40.0 Å². The van der Waals surface area contributed by atoms with E-state index >= 15 is 0 Å². The van der Waals surface area contributed by atoms with Crippen molar-refractivity contribution in [3.63, 3.8) is 0 Å². The lowest BCUT2D eigenvalue weighted by Crippen LogP contribution is -2.15. The number of carbonyl (C=O) groups is 1. The first-order valence-corrected chi connectivity index (χ1v) is 10.9. The highest BCUT2D eigenvalue weighted by Crippen LogP contribution is 2.33. The average molecular weight is 461 g/mol. The maximum Gasteiger partial charge on any atom is 0.255 e. The summed E-state index contributed by atoms with van der Waals surface area (Å²) in [6, 6.07) is 16.7. The number of hydrogen-bond acceptors (Lipinski definition) is 5. The summed E-state index contributed by atoms with van der Waals surface area (Å²) in [6.07, 6.45) is 1.67. The number of nitrogens with one attached hydrogen (secondary N) is 1. The van der Waals surface area contributed by atoms with Gasteiger partial charge in [-0.05, 0) is 59.0 Å². The number of benzene rings is 3. The topological polar surface area (TPSA) is 90.1 Å². The number of nitrogen functional groups attached to an aromatic ring is 1. The third kappa shape index (κ3) is 4.76. The second-order valence-corrected chi connectivity index (χ2v) is 9.22. The Morgan fingerprint density at radius 2 is 1.85 bits per heavy atom. The van der Waals surface area contributed by atoms with Gasteiger partial charge in [0.1, 0.15) is 5.75 Å². The minimum atomic E-state index is -0.255. The van der Waals surface area contributed by atoms with E-state index in [1.807, 2.05) is 36.4 Å². The summed E-state index contributed by atoms with van der Waals surface area (Å²) in [7, 11) is 1.58. The number of carbonyl (C=O) groups excluding carboxylic acids is 1. The maximum atomic E-state index is 13.1. The molecular formula is C26H25ClN4O2. The molecule has 4 aromatic rings. The SMILES string of the molecule is COc1ccc(C(C)(C)C)cc1NC(=O)c1ccc(Cl)c(-c2ccc3nc(N)ncc3c2)c1. The molecule has 0 saturated carbocycles. The van der Waals surface area contributed by atoms with E-state index in [0.717, 1.165) is 27.6 Å². The number of anilines is 2. The molecule has 0 fully saturated rings. The molecule has 0 unspecified atom stereocenters. The summed E-state index contributed by atoms with van der Waals surface area (Å²) < 4.78 is 5.45. The number of ether oxygens (including phenoxy) is 1. The van der Waals surface area contributed by atoms with E-state index in [1.54, 1.807) is 31.5 Å². The predicted molar refractivity (Wildman–Crippen MR) is 134 cm³/mol. The average Bonchev–Trinajstić information content (AvgIpc) is 2.78. The standard InChI is InChI=1S/C26H25ClN4O2/c1-26(2,3)18-7-10-23(33-4)22(13-18)30-24(32)16-5-8-20(27)19(12-16)15-6-9-21-17(11-15)14-29-25(28)31-21/h5-14H,1-4H3,(H,30,32)(H2,28,29,31). The van der Waals surface area contributed by atoms with Crippen LogP contribution in [0.1, 0.15) is 36.7 Å². The summed E-state index contributed by atoms with van der Waals surface area (Å²) in [5.41, 5.74) is 10.1. The van der Waals surface area contributed by atoms with Gasteiger partial charge in [0, 0.05) is 27.7 Å². The van der Waals surface area contributed by atoms with Crippen LogP contribution in [0.15, 0.2) is 60.8 Å². The molecule has 168 valence electrons. The van der Waals surface area contributed by atoms with E-state index in [-0.39, 0.29) is 17.3 Å². The molecule has 4 rings (SSSR count). The van der Waals surface area contributed by atoms with Gasteiger partial charge < -0.3 is 15.8 Å². The summed E-state index contributed by atoms with van der Waals surface area (Å²) in [5, 5.41) is 4.35. The second kappa shape index (κ2) is 8.71. The Kier molecular flexibility index (Phi) is 5.95. The summed E-state index contributed by atoms with van der Waals surface area (Å²) in [4.78, 5) is 21.4. The number of methoxy groups -OCH3 is 1. The van der Waals surface area contributed by atoms with Gasteiger partial charge in [-0.25, -0.2) is 9.97 Å². The van der Waals surface area contributed by atoms with Gasteiger partial charge >= 0.3 is 0 Å². The van der Waals surface area contributed by atoms with Crippen LogP contribution in [0.25, 0.3) is 22.0 Å². The molecule has 0 saturated heterocycles. The van der Waals surface area contributed by atoms with Crippen molar-refractivity contribution in [3.8, 4) is 16.9 Å². The third-order valence-electron chi connectivity index (χ3n) is 5.45. The van der Waals surface area contributed by atoms with Gasteiger partial charge in [-0.15, -0.1) is 0 Å². The Labute approximate surface area is 197 Å². The molecule has 6 nitrogen and oxygen atoms in total. The molecule has 0 aliphatic rings. The fraction of sp³-hybridized carbons (Fsp3) is 0.192. The van der Waals surface area contributed by atoms with Crippen LogP contribution in [0.4, 0.5) is 11.6 Å². The monoisotopic (exact) mass is 460 g/mol. The summed E-state index contributed by atoms with van der Waals surface area (Å²) >= 11 is 6.49. The lowest BCUT2D eigenvalue weighted by atomic mass is 9.87. The molecule has 0 aliphatic carbocycles. The Balaban J connectivity index is 1.68. The zero-order chi connectivity index (χ0) is 23.8. The number of nitrogens with zero attached hydrogens (tertiary/aromatic N) is 2. The van der Waals surface area contributed by atoms with Crippen molar-refractivity contribution in [2.24, 2.45) is 0 Å². The van der Waals surface area contributed by atoms with Gasteiger partial charge in [0.2, 0.25) is 5.95 Å². The van der Waals surface area contributed by atoms with E-state index < -0.39 is 0 Å². The quantitative estimate of drug-likeness (QED) is 0.384. The van der Waals surface area contributed by atoms with Crippen molar-refractivity contribution in [2.75, 3.05) is 18.2 Å². The van der Waals surface area contributed by atoms with Crippen LogP contribution in [0, 0.1) is 0 Å². The van der Waals surface area contributed by atoms with Crippen LogP contribution in [-0.2, 0) is 5.41 Å². The second-order valence-electron chi connectivity index (χ2n) is 8.82. The highest BCUT2D eigenvalue weighted by atomic mass is 35.5. The van der Waals surface area contributed by atoms with Crippen molar-refractivity contribution in [3.05, 3.63) is 76.9 Å². The number of aromatic nitrogens is 2. The molecule has 33 heavy (non-hydrogen) atoms. The molecule has 0 bridgehead atoms. The first kappa shape index (κ1) is 22.6. The fourth-order valence-corrected chi connectivity index (χ4v) is 3.80. The lowest BCUT2D eigenvalue weighted by Gasteiger charge is -2.21. The maximum absolute atomic E-state index is 13.1. The van der Waals surface area contributed by atoms with Gasteiger partial charge in [0.25, 0.3) is 5.91 Å². The van der Waals surface area contributed by atoms with Crippen molar-refractivity contribution in [2.45, 2.75) is 26.2 Å². The van der Waals surface area contributed by atoms with Crippen molar-refractivity contribution < 1.29 is 9.53 Å². The normalized spacial score (nSPS) is 11.4. The molecule has 0 radical (unpaired) electrons. The minimum Gasteiger partial charge on any atom is -0.495 e. The van der Waals surface area contributed by atoms with E-state index in [4.69, 9.17) is 22.1 Å². The summed E-state index contributed by atoms with van der Waals surface area (Å²) in [6.45, 7) is 6.36. The molecule has 1 heterocycles. The largest absolute Gasteiger partial charge is 0.495 e. The third-order valence-corrected chi connectivity index (χ3v) is 5.78. The van der Waals surface area contributed by atoms with E-state index in [9.17, 15) is 4.79 Å². The highest BCUT2D eigenvalue weighted by Gasteiger charge is 2.18. The first-order valence-electron chi connectivity index (χ1n) is 10.5. The molecular weight excluding hydrogens is 436 g/mol. The van der Waals surface area contributed by atoms with Crippen LogP contribution in [-0.4, -0.2) is 23.0 Å². The predicted octanol–water partition coefficient (Wildman–Crippen LogP) is 6.09. The van der Waals surface area contributed by atoms with Crippen LogP contribution in [0.3, 0.4) is 0 Å². The number of halogens is 1. The van der Waals surface area contributed by atoms with E-state index in [1.165, 1.54) is 0 Å². The Morgan fingerprint density at radius 1 is 1.06 bits per heavy atom. The fourth-order valence-electron chi connectivity index (χ4n) is 3.57. The number of hydrogen-bond donors (Lipinski definition) is 2. The van der Waals surface area contributed by atoms with Gasteiger partial charge in [0.15, 0.2) is 0 Å². The molecule has 0 spiro atoms. The summed E-state index contributed by atoms with van der Waals surface area (Å²) in [5.74, 6) is 0.562. The molecule has 0 atom stereocenters. The number of nitrogens with two attached hydrogens (primary N) is 1. The molecule has 3 N–H and O–H groups in total.